The fourth-order valence-corrected chi connectivity index (χ4v) is 5.51. The summed E-state index contributed by atoms with van der Waals surface area (Å²) in [5.74, 6) is -1.17. The van der Waals surface area contributed by atoms with E-state index in [1.807, 2.05) is 36.4 Å². The molecule has 0 atom stereocenters. The SMILES string of the molecule is CCCCc1ccc2c(NC(=O)OCC3c4ccccc4-c4ccccc43)c(C(=O)O)sc2n1. The van der Waals surface area contributed by atoms with Gasteiger partial charge in [-0.15, -0.1) is 11.3 Å². The first-order valence-corrected chi connectivity index (χ1v) is 12.2. The van der Waals surface area contributed by atoms with Crippen molar-refractivity contribution in [1.82, 2.24) is 4.98 Å². The normalized spacial score (nSPS) is 12.4. The van der Waals surface area contributed by atoms with Crippen molar-refractivity contribution in [2.24, 2.45) is 0 Å². The fraction of sp³-hybridized carbons (Fsp3) is 0.222. The smallest absolute Gasteiger partial charge is 0.411 e. The largest absolute Gasteiger partial charge is 0.477 e. The van der Waals surface area contributed by atoms with Gasteiger partial charge in [-0.1, -0.05) is 61.9 Å². The van der Waals surface area contributed by atoms with E-state index in [0.717, 1.165) is 58.5 Å². The number of carboxylic acid groups (broad SMARTS) is 1. The summed E-state index contributed by atoms with van der Waals surface area (Å²) in [7, 11) is 0. The van der Waals surface area contributed by atoms with Crippen molar-refractivity contribution in [3.05, 3.63) is 82.4 Å². The van der Waals surface area contributed by atoms with Crippen LogP contribution in [0.3, 0.4) is 0 Å². The van der Waals surface area contributed by atoms with Crippen LogP contribution in [-0.4, -0.2) is 28.8 Å². The molecule has 34 heavy (non-hydrogen) atoms. The van der Waals surface area contributed by atoms with Crippen molar-refractivity contribution in [3.63, 3.8) is 0 Å². The number of carboxylic acids is 1. The van der Waals surface area contributed by atoms with Crippen LogP contribution in [0.5, 0.6) is 0 Å². The number of hydrogen-bond acceptors (Lipinski definition) is 5. The van der Waals surface area contributed by atoms with Crippen LogP contribution < -0.4 is 5.32 Å². The number of unbranched alkanes of at least 4 members (excludes halogenated alkanes) is 1. The number of fused-ring (bicyclic) bond motifs is 4. The summed E-state index contributed by atoms with van der Waals surface area (Å²) in [5, 5.41) is 13.0. The summed E-state index contributed by atoms with van der Waals surface area (Å²) in [6, 6.07) is 19.9. The number of benzene rings is 2. The van der Waals surface area contributed by atoms with Crippen molar-refractivity contribution in [1.29, 1.82) is 0 Å². The lowest BCUT2D eigenvalue weighted by molar-refractivity contribution is 0.0703. The number of nitrogens with one attached hydrogen (secondary N) is 1. The number of nitrogens with zero attached hydrogens (tertiary/aromatic N) is 1. The molecular formula is C27H24N2O4S. The monoisotopic (exact) mass is 472 g/mol. The maximum atomic E-state index is 12.8. The van der Waals surface area contributed by atoms with Gasteiger partial charge in [-0.3, -0.25) is 5.32 Å². The highest BCUT2D eigenvalue weighted by atomic mass is 32.1. The highest BCUT2D eigenvalue weighted by Crippen LogP contribution is 2.44. The molecule has 2 aromatic heterocycles. The van der Waals surface area contributed by atoms with E-state index in [2.05, 4.69) is 41.5 Å². The van der Waals surface area contributed by atoms with Crippen LogP contribution in [0, 0.1) is 0 Å². The van der Waals surface area contributed by atoms with Crippen LogP contribution in [0.4, 0.5) is 10.5 Å². The first-order chi connectivity index (χ1) is 16.6. The molecule has 4 aromatic rings. The van der Waals surface area contributed by atoms with Gasteiger partial charge in [0.05, 0.1) is 5.69 Å². The Morgan fingerprint density at radius 2 is 1.71 bits per heavy atom. The summed E-state index contributed by atoms with van der Waals surface area (Å²) in [4.78, 5) is 29.9. The van der Waals surface area contributed by atoms with Gasteiger partial charge in [0.15, 0.2) is 0 Å². The zero-order chi connectivity index (χ0) is 23.7. The van der Waals surface area contributed by atoms with Crippen LogP contribution in [-0.2, 0) is 11.2 Å². The Morgan fingerprint density at radius 1 is 1.03 bits per heavy atom. The predicted molar refractivity (Wildman–Crippen MR) is 134 cm³/mol. The van der Waals surface area contributed by atoms with E-state index in [1.54, 1.807) is 0 Å². The Labute approximate surface area is 201 Å². The van der Waals surface area contributed by atoms with Crippen LogP contribution in [0.25, 0.3) is 21.3 Å². The number of hydrogen-bond donors (Lipinski definition) is 2. The number of carbonyl (C=O) groups is 2. The maximum Gasteiger partial charge on any atom is 0.411 e. The molecule has 0 spiro atoms. The molecule has 2 heterocycles. The van der Waals surface area contributed by atoms with Gasteiger partial charge in [0.2, 0.25) is 0 Å². The molecule has 0 aliphatic heterocycles. The van der Waals surface area contributed by atoms with Crippen LogP contribution in [0.15, 0.2) is 60.7 Å². The minimum atomic E-state index is -1.10. The average Bonchev–Trinajstić information content (AvgIpc) is 3.37. The van der Waals surface area contributed by atoms with Crippen LogP contribution in [0.2, 0.25) is 0 Å². The zero-order valence-electron chi connectivity index (χ0n) is 18.7. The molecule has 7 heteroatoms. The molecule has 1 aliphatic carbocycles. The molecule has 0 saturated heterocycles. The maximum absolute atomic E-state index is 12.8. The lowest BCUT2D eigenvalue weighted by atomic mass is 9.98. The van der Waals surface area contributed by atoms with Crippen molar-refractivity contribution < 1.29 is 19.4 Å². The van der Waals surface area contributed by atoms with E-state index in [4.69, 9.17) is 4.74 Å². The molecule has 5 rings (SSSR count). The molecule has 172 valence electrons. The van der Waals surface area contributed by atoms with Crippen molar-refractivity contribution in [2.75, 3.05) is 11.9 Å². The lowest BCUT2D eigenvalue weighted by Gasteiger charge is -2.14. The third-order valence-electron chi connectivity index (χ3n) is 6.16. The standard InChI is InChI=1S/C27H24N2O4S/c1-2-3-8-16-13-14-21-23(24(26(30)31)34-25(21)28-16)29-27(32)33-15-22-19-11-6-4-9-17(19)18-10-5-7-12-20(18)22/h4-7,9-14,22H,2-3,8,15H2,1H3,(H,29,32)(H,30,31). The molecule has 2 aromatic carbocycles. The second-order valence-corrected chi connectivity index (χ2v) is 9.32. The number of aromatic carboxylic acids is 1. The number of pyridine rings is 1. The number of aryl methyl sites for hydroxylation is 1. The molecule has 0 radical (unpaired) electrons. The van der Waals surface area contributed by atoms with Crippen LogP contribution >= 0.6 is 11.3 Å². The van der Waals surface area contributed by atoms with Gasteiger partial charge in [0.25, 0.3) is 0 Å². The molecule has 0 unspecified atom stereocenters. The number of rotatable bonds is 7. The van der Waals surface area contributed by atoms with E-state index in [-0.39, 0.29) is 23.1 Å². The van der Waals surface area contributed by atoms with Gasteiger partial charge in [0, 0.05) is 17.0 Å². The second kappa shape index (κ2) is 9.27. The molecular weight excluding hydrogens is 448 g/mol. The minimum Gasteiger partial charge on any atom is -0.477 e. The first-order valence-electron chi connectivity index (χ1n) is 11.3. The van der Waals surface area contributed by atoms with E-state index >= 15 is 0 Å². The van der Waals surface area contributed by atoms with E-state index in [9.17, 15) is 14.7 Å². The van der Waals surface area contributed by atoms with Crippen LogP contribution in [0.1, 0.15) is 52.2 Å². The van der Waals surface area contributed by atoms with Crippen molar-refractivity contribution in [3.8, 4) is 11.1 Å². The third-order valence-corrected chi connectivity index (χ3v) is 7.25. The number of anilines is 1. The molecule has 0 fully saturated rings. The topological polar surface area (TPSA) is 88.5 Å². The number of ether oxygens (including phenoxy) is 1. The summed E-state index contributed by atoms with van der Waals surface area (Å²) < 4.78 is 5.61. The molecule has 0 saturated carbocycles. The summed E-state index contributed by atoms with van der Waals surface area (Å²) in [6.45, 7) is 2.27. The Balaban J connectivity index is 1.36. The van der Waals surface area contributed by atoms with Gasteiger partial charge in [-0.25, -0.2) is 14.6 Å². The number of thiophene rings is 1. The Hall–Kier alpha value is -3.71. The van der Waals surface area contributed by atoms with Gasteiger partial charge in [-0.05, 0) is 47.2 Å². The molecule has 0 bridgehead atoms. The Kier molecular flexibility index (Phi) is 6.02. The highest BCUT2D eigenvalue weighted by Gasteiger charge is 2.29. The number of carbonyl (C=O) groups excluding carboxylic acids is 1. The van der Waals surface area contributed by atoms with E-state index in [0.29, 0.717) is 10.2 Å². The third kappa shape index (κ3) is 4.03. The summed E-state index contributed by atoms with van der Waals surface area (Å²) >= 11 is 1.07. The van der Waals surface area contributed by atoms with Gasteiger partial charge < -0.3 is 9.84 Å². The molecule has 6 nitrogen and oxygen atoms in total. The van der Waals surface area contributed by atoms with Gasteiger partial charge in [-0.2, -0.15) is 0 Å². The molecule has 2 N–H and O–H groups in total. The number of aromatic nitrogens is 1. The van der Waals surface area contributed by atoms with E-state index in [1.165, 1.54) is 0 Å². The fourth-order valence-electron chi connectivity index (χ4n) is 4.53. The quantitative estimate of drug-likeness (QED) is 0.312. The lowest BCUT2D eigenvalue weighted by Crippen LogP contribution is -2.18. The number of amides is 1. The molecule has 1 amide bonds. The zero-order valence-corrected chi connectivity index (χ0v) is 19.5. The summed E-state index contributed by atoms with van der Waals surface area (Å²) in [6.07, 6.45) is 2.22. The molecule has 1 aliphatic rings. The van der Waals surface area contributed by atoms with E-state index < -0.39 is 12.1 Å². The average molecular weight is 473 g/mol. The first kappa shape index (κ1) is 22.1. The van der Waals surface area contributed by atoms with Crippen molar-refractivity contribution in [2.45, 2.75) is 32.1 Å². The second-order valence-electron chi connectivity index (χ2n) is 8.32. The minimum absolute atomic E-state index is 0.0450. The Morgan fingerprint density at radius 3 is 2.35 bits per heavy atom. The predicted octanol–water partition coefficient (Wildman–Crippen LogP) is 6.70. The Bertz CT molecular complexity index is 1350. The highest BCUT2D eigenvalue weighted by molar-refractivity contribution is 7.21. The van der Waals surface area contributed by atoms with Gasteiger partial charge in [0.1, 0.15) is 16.3 Å². The van der Waals surface area contributed by atoms with Gasteiger partial charge >= 0.3 is 12.1 Å². The summed E-state index contributed by atoms with van der Waals surface area (Å²) in [5.41, 5.74) is 5.68. The van der Waals surface area contributed by atoms with Crippen molar-refractivity contribution >= 4 is 39.3 Å².